The van der Waals surface area contributed by atoms with E-state index in [2.05, 4.69) is 24.5 Å². The zero-order chi connectivity index (χ0) is 12.0. The third-order valence-corrected chi connectivity index (χ3v) is 3.42. The molecule has 1 fully saturated rings. The number of ether oxygens (including phenoxy) is 1. The highest BCUT2D eigenvalue weighted by Gasteiger charge is 2.42. The van der Waals surface area contributed by atoms with E-state index in [4.69, 9.17) is 4.74 Å². The molecule has 0 unspecified atom stereocenters. The lowest BCUT2D eigenvalue weighted by atomic mass is 10.1. The summed E-state index contributed by atoms with van der Waals surface area (Å²) in [6, 6.07) is 0. The average molecular weight is 243 g/mol. The average Bonchev–Trinajstić information content (AvgIpc) is 2.97. The van der Waals surface area contributed by atoms with Crippen LogP contribution in [0.4, 0.5) is 0 Å². The summed E-state index contributed by atoms with van der Waals surface area (Å²) < 4.78 is 5.29. The van der Waals surface area contributed by atoms with E-state index in [0.29, 0.717) is 26.2 Å². The first-order chi connectivity index (χ1) is 7.58. The van der Waals surface area contributed by atoms with Gasteiger partial charge in [0.1, 0.15) is 0 Å². The van der Waals surface area contributed by atoms with Crippen LogP contribution in [0.3, 0.4) is 0 Å². The Morgan fingerprint density at radius 1 is 1.56 bits per heavy atom. The Labute approximate surface area is 103 Å². The molecule has 0 spiro atoms. The molecule has 0 aromatic carbocycles. The highest BCUT2D eigenvalue weighted by Crippen LogP contribution is 2.49. The predicted molar refractivity (Wildman–Crippen MR) is 68.8 cm³/mol. The minimum absolute atomic E-state index is 0.116. The Kier molecular flexibility index (Phi) is 5.35. The van der Waals surface area contributed by atoms with E-state index in [1.807, 2.05) is 6.92 Å². The molecule has 0 atom stereocenters. The number of rotatable bonds is 8. The van der Waals surface area contributed by atoms with Gasteiger partial charge in [-0.05, 0) is 30.9 Å². The summed E-state index contributed by atoms with van der Waals surface area (Å²) in [6.45, 7) is 7.35. The standard InChI is InChI=1S/C12H21NO2S/c1-10(2)8-15-6-5-13-11(14)7-12(9-16)3-4-12/h16H,1,3-9H2,2H3,(H,13,14). The van der Waals surface area contributed by atoms with E-state index in [9.17, 15) is 4.79 Å². The molecular weight excluding hydrogens is 222 g/mol. The van der Waals surface area contributed by atoms with Crippen molar-refractivity contribution < 1.29 is 9.53 Å². The molecule has 0 bridgehead atoms. The van der Waals surface area contributed by atoms with E-state index >= 15 is 0 Å². The molecule has 4 heteroatoms. The van der Waals surface area contributed by atoms with Crippen LogP contribution < -0.4 is 5.32 Å². The topological polar surface area (TPSA) is 38.3 Å². The summed E-state index contributed by atoms with van der Waals surface area (Å²) in [4.78, 5) is 11.5. The smallest absolute Gasteiger partial charge is 0.220 e. The summed E-state index contributed by atoms with van der Waals surface area (Å²) in [7, 11) is 0. The lowest BCUT2D eigenvalue weighted by Gasteiger charge is -2.11. The molecule has 1 saturated carbocycles. The molecule has 0 aliphatic heterocycles. The Morgan fingerprint density at radius 3 is 2.75 bits per heavy atom. The van der Waals surface area contributed by atoms with Crippen molar-refractivity contribution in [2.45, 2.75) is 26.2 Å². The van der Waals surface area contributed by atoms with Gasteiger partial charge in [-0.1, -0.05) is 12.2 Å². The maximum Gasteiger partial charge on any atom is 0.220 e. The number of carbonyl (C=O) groups excluding carboxylic acids is 1. The van der Waals surface area contributed by atoms with Crippen molar-refractivity contribution >= 4 is 18.5 Å². The van der Waals surface area contributed by atoms with Crippen molar-refractivity contribution in [3.63, 3.8) is 0 Å². The SMILES string of the molecule is C=C(C)COCCNC(=O)CC1(CS)CC1. The quantitative estimate of drug-likeness (QED) is 0.387. The highest BCUT2D eigenvalue weighted by molar-refractivity contribution is 7.80. The second kappa shape index (κ2) is 6.30. The fraction of sp³-hybridized carbons (Fsp3) is 0.750. The minimum atomic E-state index is 0.116. The number of thiol groups is 1. The molecule has 92 valence electrons. The van der Waals surface area contributed by atoms with Crippen LogP contribution in [0.15, 0.2) is 12.2 Å². The Balaban J connectivity index is 2.00. The van der Waals surface area contributed by atoms with E-state index in [1.165, 1.54) is 0 Å². The van der Waals surface area contributed by atoms with Gasteiger partial charge in [-0.25, -0.2) is 0 Å². The third-order valence-electron chi connectivity index (χ3n) is 2.75. The number of hydrogen-bond acceptors (Lipinski definition) is 3. The number of amides is 1. The fourth-order valence-electron chi connectivity index (χ4n) is 1.48. The zero-order valence-electron chi connectivity index (χ0n) is 9.92. The van der Waals surface area contributed by atoms with Gasteiger partial charge in [0, 0.05) is 13.0 Å². The molecular formula is C12H21NO2S. The van der Waals surface area contributed by atoms with Crippen LogP contribution >= 0.6 is 12.6 Å². The van der Waals surface area contributed by atoms with Gasteiger partial charge in [0.25, 0.3) is 0 Å². The highest BCUT2D eigenvalue weighted by atomic mass is 32.1. The number of hydrogen-bond donors (Lipinski definition) is 2. The first kappa shape index (κ1) is 13.6. The van der Waals surface area contributed by atoms with Gasteiger partial charge < -0.3 is 10.1 Å². The Morgan fingerprint density at radius 2 is 2.25 bits per heavy atom. The van der Waals surface area contributed by atoms with Crippen molar-refractivity contribution in [2.24, 2.45) is 5.41 Å². The van der Waals surface area contributed by atoms with Crippen LogP contribution in [0.2, 0.25) is 0 Å². The molecule has 1 aliphatic rings. The van der Waals surface area contributed by atoms with Crippen molar-refractivity contribution in [3.8, 4) is 0 Å². The van der Waals surface area contributed by atoms with Crippen LogP contribution in [-0.2, 0) is 9.53 Å². The zero-order valence-corrected chi connectivity index (χ0v) is 10.8. The second-order valence-electron chi connectivity index (χ2n) is 4.69. The first-order valence-electron chi connectivity index (χ1n) is 5.68. The molecule has 0 radical (unpaired) electrons. The summed E-state index contributed by atoms with van der Waals surface area (Å²) in [5.41, 5.74) is 1.20. The van der Waals surface area contributed by atoms with Crippen LogP contribution in [0.5, 0.6) is 0 Å². The molecule has 16 heavy (non-hydrogen) atoms. The van der Waals surface area contributed by atoms with Crippen LogP contribution in [0, 0.1) is 5.41 Å². The number of carbonyl (C=O) groups is 1. The molecule has 0 heterocycles. The summed E-state index contributed by atoms with van der Waals surface area (Å²) >= 11 is 4.27. The molecule has 3 nitrogen and oxygen atoms in total. The van der Waals surface area contributed by atoms with E-state index in [-0.39, 0.29) is 11.3 Å². The van der Waals surface area contributed by atoms with Gasteiger partial charge in [-0.15, -0.1) is 0 Å². The fourth-order valence-corrected chi connectivity index (χ4v) is 1.91. The predicted octanol–water partition coefficient (Wildman–Crippen LogP) is 1.80. The van der Waals surface area contributed by atoms with Crippen molar-refractivity contribution in [1.82, 2.24) is 5.32 Å². The van der Waals surface area contributed by atoms with Gasteiger partial charge in [-0.2, -0.15) is 12.6 Å². The second-order valence-corrected chi connectivity index (χ2v) is 5.01. The molecule has 0 saturated heterocycles. The van der Waals surface area contributed by atoms with Gasteiger partial charge in [0.15, 0.2) is 0 Å². The van der Waals surface area contributed by atoms with Crippen molar-refractivity contribution in [3.05, 3.63) is 12.2 Å². The van der Waals surface area contributed by atoms with Crippen molar-refractivity contribution in [1.29, 1.82) is 0 Å². The van der Waals surface area contributed by atoms with Gasteiger partial charge in [0.2, 0.25) is 5.91 Å². The van der Waals surface area contributed by atoms with Crippen molar-refractivity contribution in [2.75, 3.05) is 25.5 Å². The first-order valence-corrected chi connectivity index (χ1v) is 6.31. The largest absolute Gasteiger partial charge is 0.375 e. The van der Waals surface area contributed by atoms with E-state index < -0.39 is 0 Å². The molecule has 1 N–H and O–H groups in total. The molecule has 1 rings (SSSR count). The normalized spacial score (nSPS) is 16.9. The van der Waals surface area contributed by atoms with Crippen LogP contribution in [-0.4, -0.2) is 31.4 Å². The minimum Gasteiger partial charge on any atom is -0.375 e. The van der Waals surface area contributed by atoms with E-state index in [1.54, 1.807) is 0 Å². The maximum atomic E-state index is 11.5. The molecule has 1 amide bonds. The summed E-state index contributed by atoms with van der Waals surface area (Å²) in [6.07, 6.45) is 2.88. The van der Waals surface area contributed by atoms with E-state index in [0.717, 1.165) is 24.2 Å². The van der Waals surface area contributed by atoms with Crippen LogP contribution in [0.1, 0.15) is 26.2 Å². The lowest BCUT2D eigenvalue weighted by Crippen LogP contribution is -2.29. The number of nitrogens with one attached hydrogen (secondary N) is 1. The monoisotopic (exact) mass is 243 g/mol. The van der Waals surface area contributed by atoms with Gasteiger partial charge >= 0.3 is 0 Å². The molecule has 0 aromatic heterocycles. The maximum absolute atomic E-state index is 11.5. The lowest BCUT2D eigenvalue weighted by molar-refractivity contribution is -0.122. The van der Waals surface area contributed by atoms with Crippen LogP contribution in [0.25, 0.3) is 0 Å². The summed E-state index contributed by atoms with van der Waals surface area (Å²) in [5.74, 6) is 0.928. The third kappa shape index (κ3) is 5.03. The van der Waals surface area contributed by atoms with Gasteiger partial charge in [0.05, 0.1) is 13.2 Å². The van der Waals surface area contributed by atoms with Gasteiger partial charge in [-0.3, -0.25) is 4.79 Å². The Bertz CT molecular complexity index is 262. The molecule has 1 aliphatic carbocycles. The Hall–Kier alpha value is -0.480. The summed E-state index contributed by atoms with van der Waals surface area (Å²) in [5, 5.41) is 2.86. The molecule has 0 aromatic rings.